The van der Waals surface area contributed by atoms with E-state index in [-0.39, 0.29) is 6.04 Å². The molecular weight excluding hydrogens is 316 g/mol. The average Bonchev–Trinajstić information content (AvgIpc) is 3.24. The van der Waals surface area contributed by atoms with Crippen LogP contribution in [0, 0.1) is 17.8 Å². The quantitative estimate of drug-likeness (QED) is 0.779. The van der Waals surface area contributed by atoms with Crippen molar-refractivity contribution in [3.05, 3.63) is 24.7 Å². The number of carbonyl (C=O) groups excluding carboxylic acids is 1. The minimum absolute atomic E-state index is 0.254. The summed E-state index contributed by atoms with van der Waals surface area (Å²) in [6.45, 7) is 5.17. The highest BCUT2D eigenvalue weighted by atomic mass is 16.2. The standard InChI is InChI=1S/C17H19N5O.CHN/c23-17(11-3-4-11)21-7-1-2-13(10-21)22-15-12(9-20-22)8-19-16-14(15)5-6-18-16;1-2/h5-6,8-9,11,13H,1-4,7,10H2,(H,18,19);1H/t13-;/m0./s1. The Kier molecular flexibility index (Phi) is 3.88. The predicted octanol–water partition coefficient (Wildman–Crippen LogP) is 2.63. The summed E-state index contributed by atoms with van der Waals surface area (Å²) in [7, 11) is 0. The second kappa shape index (κ2) is 6.20. The molecule has 0 bridgehead atoms. The van der Waals surface area contributed by atoms with Crippen LogP contribution in [0.2, 0.25) is 0 Å². The number of hydrogen-bond acceptors (Lipinski definition) is 4. The Morgan fingerprint density at radius 3 is 2.92 bits per heavy atom. The van der Waals surface area contributed by atoms with E-state index in [0.29, 0.717) is 11.8 Å². The van der Waals surface area contributed by atoms with E-state index in [2.05, 4.69) is 37.3 Å². The maximum absolute atomic E-state index is 12.4. The van der Waals surface area contributed by atoms with E-state index in [9.17, 15) is 4.79 Å². The van der Waals surface area contributed by atoms with Crippen molar-refractivity contribution in [1.29, 1.82) is 5.26 Å². The lowest BCUT2D eigenvalue weighted by Crippen LogP contribution is -2.41. The lowest BCUT2D eigenvalue weighted by Gasteiger charge is -2.33. The summed E-state index contributed by atoms with van der Waals surface area (Å²) in [4.78, 5) is 22.0. The van der Waals surface area contributed by atoms with Crippen molar-refractivity contribution in [3.8, 4) is 6.57 Å². The van der Waals surface area contributed by atoms with E-state index in [4.69, 9.17) is 5.26 Å². The zero-order valence-electron chi connectivity index (χ0n) is 13.9. The van der Waals surface area contributed by atoms with Crippen LogP contribution in [0.1, 0.15) is 31.7 Å². The number of likely N-dealkylation sites (tertiary alicyclic amines) is 1. The summed E-state index contributed by atoms with van der Waals surface area (Å²) in [6.07, 6.45) is 9.92. The van der Waals surface area contributed by atoms with Gasteiger partial charge in [-0.05, 0) is 31.7 Å². The SMILES string of the molecule is C#N.O=C(C1CC1)N1CCC[C@H](n2ncc3cnc4[nH]ccc4c32)C1. The van der Waals surface area contributed by atoms with Crippen LogP contribution in [0.25, 0.3) is 21.9 Å². The molecule has 2 fully saturated rings. The lowest BCUT2D eigenvalue weighted by atomic mass is 10.0. The van der Waals surface area contributed by atoms with Crippen LogP contribution in [0.3, 0.4) is 0 Å². The molecule has 0 aromatic carbocycles. The largest absolute Gasteiger partial charge is 0.346 e. The van der Waals surface area contributed by atoms with Crippen molar-refractivity contribution >= 4 is 27.8 Å². The van der Waals surface area contributed by atoms with Gasteiger partial charge in [0.05, 0.1) is 17.8 Å². The molecule has 1 saturated carbocycles. The molecule has 2 aliphatic rings. The molecule has 25 heavy (non-hydrogen) atoms. The molecule has 7 heteroatoms. The van der Waals surface area contributed by atoms with E-state index < -0.39 is 0 Å². The minimum atomic E-state index is 0.254. The van der Waals surface area contributed by atoms with Crippen molar-refractivity contribution in [2.75, 3.05) is 13.1 Å². The molecule has 128 valence electrons. The van der Waals surface area contributed by atoms with Crippen molar-refractivity contribution in [2.45, 2.75) is 31.7 Å². The second-order valence-electron chi connectivity index (χ2n) is 6.75. The van der Waals surface area contributed by atoms with E-state index in [1.165, 1.54) is 0 Å². The number of nitrogens with one attached hydrogen (secondary N) is 1. The monoisotopic (exact) mass is 336 g/mol. The van der Waals surface area contributed by atoms with Gasteiger partial charge in [-0.25, -0.2) is 10.2 Å². The molecule has 3 aromatic rings. The molecule has 1 N–H and O–H groups in total. The molecule has 1 aliphatic carbocycles. The molecule has 0 spiro atoms. The Labute approximate surface area is 145 Å². The summed E-state index contributed by atoms with van der Waals surface area (Å²) in [5.41, 5.74) is 2.02. The second-order valence-corrected chi connectivity index (χ2v) is 6.75. The third-order valence-electron chi connectivity index (χ3n) is 5.12. The van der Waals surface area contributed by atoms with Gasteiger partial charge in [-0.15, -0.1) is 0 Å². The van der Waals surface area contributed by atoms with Crippen LogP contribution < -0.4 is 0 Å². The highest BCUT2D eigenvalue weighted by Crippen LogP contribution is 2.34. The normalized spacial score (nSPS) is 20.4. The first kappa shape index (κ1) is 15.6. The van der Waals surface area contributed by atoms with Gasteiger partial charge >= 0.3 is 0 Å². The summed E-state index contributed by atoms with van der Waals surface area (Å²) < 4.78 is 2.11. The molecule has 0 unspecified atom stereocenters. The Morgan fingerprint density at radius 2 is 2.12 bits per heavy atom. The number of nitrogens with zero attached hydrogens (tertiary/aromatic N) is 5. The van der Waals surface area contributed by atoms with Gasteiger partial charge in [0.2, 0.25) is 5.91 Å². The molecule has 4 heterocycles. The molecule has 1 amide bonds. The molecule has 3 aromatic heterocycles. The fourth-order valence-electron chi connectivity index (χ4n) is 3.76. The number of fused-ring (bicyclic) bond motifs is 3. The molecule has 7 nitrogen and oxygen atoms in total. The van der Waals surface area contributed by atoms with E-state index in [1.807, 2.05) is 18.6 Å². The van der Waals surface area contributed by atoms with Crippen LogP contribution >= 0.6 is 0 Å². The molecular formula is C18H20N6O. The van der Waals surface area contributed by atoms with Crippen LogP contribution in [0.4, 0.5) is 0 Å². The van der Waals surface area contributed by atoms with Crippen molar-refractivity contribution in [1.82, 2.24) is 24.6 Å². The third-order valence-corrected chi connectivity index (χ3v) is 5.12. The summed E-state index contributed by atoms with van der Waals surface area (Å²) in [5, 5.41) is 13.3. The Morgan fingerprint density at radius 1 is 1.28 bits per heavy atom. The third kappa shape index (κ3) is 2.64. The first-order chi connectivity index (χ1) is 12.3. The molecule has 1 aliphatic heterocycles. The number of nitriles is 1. The first-order valence-corrected chi connectivity index (χ1v) is 8.65. The molecule has 5 rings (SSSR count). The van der Waals surface area contributed by atoms with Crippen LogP contribution in [-0.2, 0) is 4.79 Å². The number of amides is 1. The van der Waals surface area contributed by atoms with E-state index >= 15 is 0 Å². The topological polar surface area (TPSA) is 90.6 Å². The minimum Gasteiger partial charge on any atom is -0.346 e. The fraction of sp³-hybridized carbons (Fsp3) is 0.444. The van der Waals surface area contributed by atoms with E-state index in [1.54, 1.807) is 0 Å². The number of aromatic amines is 1. The van der Waals surface area contributed by atoms with Crippen molar-refractivity contribution in [3.63, 3.8) is 0 Å². The number of hydrogen-bond donors (Lipinski definition) is 1. The zero-order valence-corrected chi connectivity index (χ0v) is 13.9. The van der Waals surface area contributed by atoms with Gasteiger partial charge in [-0.3, -0.25) is 9.48 Å². The Hall–Kier alpha value is -2.88. The number of carbonyl (C=O) groups is 1. The fourth-order valence-corrected chi connectivity index (χ4v) is 3.76. The van der Waals surface area contributed by atoms with Gasteiger partial charge in [0.25, 0.3) is 0 Å². The molecule has 1 atom stereocenters. The van der Waals surface area contributed by atoms with Gasteiger partial charge in [-0.2, -0.15) is 5.10 Å². The predicted molar refractivity (Wildman–Crippen MR) is 93.6 cm³/mol. The molecule has 1 saturated heterocycles. The number of pyridine rings is 1. The maximum atomic E-state index is 12.4. The maximum Gasteiger partial charge on any atom is 0.225 e. The zero-order chi connectivity index (χ0) is 17.4. The van der Waals surface area contributed by atoms with Crippen LogP contribution in [0.15, 0.2) is 24.7 Å². The van der Waals surface area contributed by atoms with Crippen LogP contribution in [-0.4, -0.2) is 43.6 Å². The number of aromatic nitrogens is 4. The average molecular weight is 336 g/mol. The number of piperidine rings is 1. The summed E-state index contributed by atoms with van der Waals surface area (Å²) >= 11 is 0. The van der Waals surface area contributed by atoms with Gasteiger partial charge in [0.1, 0.15) is 5.65 Å². The smallest absolute Gasteiger partial charge is 0.225 e. The summed E-state index contributed by atoms with van der Waals surface area (Å²) in [6, 6.07) is 2.31. The summed E-state index contributed by atoms with van der Waals surface area (Å²) in [5.74, 6) is 0.642. The number of rotatable bonds is 2. The molecule has 0 radical (unpaired) electrons. The number of H-pyrrole nitrogens is 1. The first-order valence-electron chi connectivity index (χ1n) is 8.65. The van der Waals surface area contributed by atoms with Gasteiger partial charge in [0, 0.05) is 48.7 Å². The highest BCUT2D eigenvalue weighted by molar-refractivity contribution is 6.02. The Balaban J connectivity index is 0.000000758. The Bertz CT molecular complexity index is 935. The van der Waals surface area contributed by atoms with Gasteiger partial charge < -0.3 is 9.88 Å². The van der Waals surface area contributed by atoms with Gasteiger partial charge in [-0.1, -0.05) is 0 Å². The lowest BCUT2D eigenvalue weighted by molar-refractivity contribution is -0.134. The van der Waals surface area contributed by atoms with E-state index in [0.717, 1.165) is 60.7 Å². The van der Waals surface area contributed by atoms with Gasteiger partial charge in [0.15, 0.2) is 0 Å². The van der Waals surface area contributed by atoms with Crippen LogP contribution in [0.5, 0.6) is 0 Å². The highest BCUT2D eigenvalue weighted by Gasteiger charge is 2.36. The van der Waals surface area contributed by atoms with Crippen molar-refractivity contribution < 1.29 is 4.79 Å². The van der Waals surface area contributed by atoms with Crippen molar-refractivity contribution in [2.24, 2.45) is 5.92 Å².